The van der Waals surface area contributed by atoms with E-state index in [-0.39, 0.29) is 30.3 Å². The van der Waals surface area contributed by atoms with Crippen LogP contribution in [0.25, 0.3) is 0 Å². The van der Waals surface area contributed by atoms with Crippen LogP contribution in [0.15, 0.2) is 5.34 Å². The van der Waals surface area contributed by atoms with E-state index in [1.165, 1.54) is 6.92 Å². The standard InChI is InChI=1S/C31H58N2O9/c1-13-24-31(10,36)27(42-32-37)22(6)33(11)17-18(2)14-29(8,35)15-19(3)26(20(4)28(34)40-24)41-25-16-30(9,38-12)21(5)23(7)39-25/h18-27,35-36H,13-17H2,1-12H3/t18-,19-,20?,21?,22?,23+,24-,25?,26+,27?,29-,30-,31-/m1/s1. The molecular formula is C31H58N2O9. The second-order valence-electron chi connectivity index (χ2n) is 14.0. The second kappa shape index (κ2) is 14.6. The van der Waals surface area contributed by atoms with Crippen molar-refractivity contribution in [1.82, 2.24) is 4.90 Å². The number of rotatable bonds is 6. The Morgan fingerprint density at radius 3 is 2.21 bits per heavy atom. The number of likely N-dealkylation sites (N-methyl/N-ethyl adjacent to an activating group) is 1. The number of hydrogen-bond donors (Lipinski definition) is 2. The molecule has 0 amide bonds. The average molecular weight is 603 g/mol. The minimum atomic E-state index is -1.74. The molecule has 0 bridgehead atoms. The summed E-state index contributed by atoms with van der Waals surface area (Å²) in [5.74, 6) is -1.39. The molecule has 0 aromatic heterocycles. The molecule has 11 nitrogen and oxygen atoms in total. The zero-order valence-electron chi connectivity index (χ0n) is 28.0. The van der Waals surface area contributed by atoms with Crippen molar-refractivity contribution in [2.45, 2.75) is 148 Å². The molecule has 13 atom stereocenters. The van der Waals surface area contributed by atoms with Gasteiger partial charge in [0.1, 0.15) is 11.7 Å². The molecule has 11 heteroatoms. The molecule has 0 spiro atoms. The lowest BCUT2D eigenvalue weighted by Gasteiger charge is -2.47. The minimum Gasteiger partial charge on any atom is -0.459 e. The van der Waals surface area contributed by atoms with Gasteiger partial charge in [-0.25, -0.2) is 0 Å². The van der Waals surface area contributed by atoms with Gasteiger partial charge in [-0.3, -0.25) is 9.69 Å². The van der Waals surface area contributed by atoms with Crippen molar-refractivity contribution in [3.63, 3.8) is 0 Å². The van der Waals surface area contributed by atoms with Crippen molar-refractivity contribution in [1.29, 1.82) is 0 Å². The van der Waals surface area contributed by atoms with E-state index >= 15 is 0 Å². The van der Waals surface area contributed by atoms with Crippen molar-refractivity contribution in [2.75, 3.05) is 20.7 Å². The molecule has 0 aliphatic carbocycles. The van der Waals surface area contributed by atoms with Crippen molar-refractivity contribution >= 4 is 5.97 Å². The summed E-state index contributed by atoms with van der Waals surface area (Å²) in [5, 5.41) is 25.9. The monoisotopic (exact) mass is 602 g/mol. The maximum Gasteiger partial charge on any atom is 0.311 e. The predicted molar refractivity (Wildman–Crippen MR) is 159 cm³/mol. The van der Waals surface area contributed by atoms with E-state index in [1.54, 1.807) is 21.0 Å². The molecule has 42 heavy (non-hydrogen) atoms. The number of cyclic esters (lactones) is 1. The Labute approximate surface area is 252 Å². The predicted octanol–water partition coefficient (Wildman–Crippen LogP) is 4.46. The molecule has 0 aromatic rings. The first-order chi connectivity index (χ1) is 19.3. The molecule has 2 rings (SSSR count). The van der Waals surface area contributed by atoms with Gasteiger partial charge in [-0.05, 0) is 79.7 Å². The van der Waals surface area contributed by atoms with Crippen molar-refractivity contribution in [2.24, 2.45) is 29.0 Å². The summed E-state index contributed by atoms with van der Waals surface area (Å²) in [6, 6.07) is -0.460. The highest BCUT2D eigenvalue weighted by molar-refractivity contribution is 5.73. The molecule has 0 saturated carbocycles. The Morgan fingerprint density at radius 1 is 1.05 bits per heavy atom. The average Bonchev–Trinajstić information content (AvgIpc) is 2.89. The highest BCUT2D eigenvalue weighted by Crippen LogP contribution is 2.40. The minimum absolute atomic E-state index is 0.0580. The van der Waals surface area contributed by atoms with E-state index in [2.05, 4.69) is 19.2 Å². The first-order valence-corrected chi connectivity index (χ1v) is 15.5. The van der Waals surface area contributed by atoms with Crippen LogP contribution in [0, 0.1) is 28.6 Å². The summed E-state index contributed by atoms with van der Waals surface area (Å²) in [6.07, 6.45) is -1.88. The largest absolute Gasteiger partial charge is 0.459 e. The molecule has 2 aliphatic heterocycles. The fourth-order valence-electron chi connectivity index (χ4n) is 7.20. The van der Waals surface area contributed by atoms with Gasteiger partial charge in [0.05, 0.1) is 29.3 Å². The van der Waals surface area contributed by atoms with Crippen LogP contribution in [0.1, 0.15) is 94.9 Å². The van der Waals surface area contributed by atoms with E-state index in [9.17, 15) is 19.9 Å². The number of methoxy groups -OCH3 is 1. The Hall–Kier alpha value is -1.37. The number of nitrogens with zero attached hydrogens (tertiary/aromatic N) is 2. The van der Waals surface area contributed by atoms with Crippen molar-refractivity contribution in [3.8, 4) is 0 Å². The van der Waals surface area contributed by atoms with Gasteiger partial charge in [-0.2, -0.15) is 0 Å². The van der Waals surface area contributed by atoms with Gasteiger partial charge in [0, 0.05) is 32.0 Å². The Kier molecular flexibility index (Phi) is 12.8. The number of hydrogen-bond acceptors (Lipinski definition) is 11. The van der Waals surface area contributed by atoms with Gasteiger partial charge in [0.15, 0.2) is 17.7 Å². The quantitative estimate of drug-likeness (QED) is 0.255. The third-order valence-electron chi connectivity index (χ3n) is 10.1. The zero-order valence-corrected chi connectivity index (χ0v) is 28.0. The van der Waals surface area contributed by atoms with Crippen LogP contribution in [0.3, 0.4) is 0 Å². The first kappa shape index (κ1) is 36.8. The lowest BCUT2D eigenvalue weighted by atomic mass is 9.80. The van der Waals surface area contributed by atoms with Crippen LogP contribution in [0.5, 0.6) is 0 Å². The molecule has 0 aromatic carbocycles. The number of carbonyl (C=O) groups excluding carboxylic acids is 1. The highest BCUT2D eigenvalue weighted by Gasteiger charge is 2.50. The van der Waals surface area contributed by atoms with Crippen LogP contribution >= 0.6 is 0 Å². The Morgan fingerprint density at radius 2 is 1.67 bits per heavy atom. The number of carbonyl (C=O) groups is 1. The van der Waals surface area contributed by atoms with Crippen LogP contribution in [-0.4, -0.2) is 95.3 Å². The summed E-state index contributed by atoms with van der Waals surface area (Å²) in [5.41, 5.74) is -3.27. The van der Waals surface area contributed by atoms with Gasteiger partial charge in [0.25, 0.3) is 0 Å². The number of esters is 1. The Balaban J connectivity index is 2.52. The van der Waals surface area contributed by atoms with E-state index in [0.29, 0.717) is 25.8 Å². The van der Waals surface area contributed by atoms with Crippen LogP contribution < -0.4 is 0 Å². The summed E-state index contributed by atoms with van der Waals surface area (Å²) in [4.78, 5) is 32.2. The highest BCUT2D eigenvalue weighted by atomic mass is 16.7. The first-order valence-electron chi connectivity index (χ1n) is 15.5. The smallest absolute Gasteiger partial charge is 0.311 e. The molecule has 0 radical (unpaired) electrons. The van der Waals surface area contributed by atoms with Gasteiger partial charge in [-0.1, -0.05) is 27.7 Å². The fraction of sp³-hybridized carbons (Fsp3) is 0.968. The molecule has 5 unspecified atom stereocenters. The lowest BCUT2D eigenvalue weighted by molar-refractivity contribution is -0.282. The summed E-state index contributed by atoms with van der Waals surface area (Å²) < 4.78 is 24.7. The van der Waals surface area contributed by atoms with E-state index in [0.717, 1.165) is 0 Å². The molecule has 2 heterocycles. The van der Waals surface area contributed by atoms with Crippen molar-refractivity contribution in [3.05, 3.63) is 4.91 Å². The van der Waals surface area contributed by atoms with E-state index in [4.69, 9.17) is 23.8 Å². The van der Waals surface area contributed by atoms with E-state index < -0.39 is 59.3 Å². The van der Waals surface area contributed by atoms with Gasteiger partial charge < -0.3 is 34.0 Å². The summed E-state index contributed by atoms with van der Waals surface area (Å²) >= 11 is 0. The molecule has 2 fully saturated rings. The van der Waals surface area contributed by atoms with E-state index in [1.807, 2.05) is 46.6 Å². The fourth-order valence-corrected chi connectivity index (χ4v) is 7.20. The SMILES string of the molecule is CC[C@H]1OC(=O)C(C)[C@@H](OC2C[C@@](C)(OC)C(C)[C@H](C)O2)[C@H](C)C[C@](C)(O)C[C@@H](C)CN(C)C(C)C(ON=O)[C@]1(C)O. The van der Waals surface area contributed by atoms with Gasteiger partial charge >= 0.3 is 5.97 Å². The normalized spacial score (nSPS) is 47.1. The third-order valence-corrected chi connectivity index (χ3v) is 10.1. The molecular weight excluding hydrogens is 544 g/mol. The molecule has 2 aliphatic rings. The molecule has 2 saturated heterocycles. The maximum absolute atomic E-state index is 13.8. The van der Waals surface area contributed by atoms with Crippen LogP contribution in [-0.2, 0) is 28.6 Å². The van der Waals surface area contributed by atoms with Gasteiger partial charge in [0.2, 0.25) is 0 Å². The number of ether oxygens (including phenoxy) is 4. The molecule has 246 valence electrons. The van der Waals surface area contributed by atoms with Crippen LogP contribution in [0.2, 0.25) is 0 Å². The number of aliphatic hydroxyl groups is 2. The van der Waals surface area contributed by atoms with Crippen LogP contribution in [0.4, 0.5) is 0 Å². The second-order valence-corrected chi connectivity index (χ2v) is 14.0. The third kappa shape index (κ3) is 8.63. The topological polar surface area (TPSA) is 136 Å². The molecule has 2 N–H and O–H groups in total. The lowest BCUT2D eigenvalue weighted by Crippen LogP contribution is -2.59. The summed E-state index contributed by atoms with van der Waals surface area (Å²) in [6.45, 7) is 19.4. The Bertz CT molecular complexity index is 886. The zero-order chi connectivity index (χ0) is 32.2. The van der Waals surface area contributed by atoms with Crippen molar-refractivity contribution < 1.29 is 38.8 Å². The maximum atomic E-state index is 13.8. The summed E-state index contributed by atoms with van der Waals surface area (Å²) in [7, 11) is 3.55. The van der Waals surface area contributed by atoms with Gasteiger partial charge in [-0.15, -0.1) is 4.91 Å².